The number of sulfonamides is 1. The number of aryl methyl sites for hydroxylation is 1. The van der Waals surface area contributed by atoms with Crippen LogP contribution < -0.4 is 20.5 Å². The number of nitrogens with one attached hydrogen (secondary N) is 2. The normalized spacial score (nSPS) is 14.0. The first kappa shape index (κ1) is 24.4. The minimum absolute atomic E-state index is 0. The van der Waals surface area contributed by atoms with Crippen LogP contribution in [-0.2, 0) is 23.1 Å². The molecule has 1 fully saturated rings. The molecular formula is C21H29IN4O3S. The van der Waals surface area contributed by atoms with E-state index in [0.29, 0.717) is 25.0 Å². The van der Waals surface area contributed by atoms with E-state index in [1.807, 2.05) is 6.07 Å². The summed E-state index contributed by atoms with van der Waals surface area (Å²) in [5, 5.41) is 11.7. The molecule has 7 nitrogen and oxygen atoms in total. The average Bonchev–Trinajstić information content (AvgIpc) is 3.51. The number of primary sulfonamides is 1. The Kier molecular flexibility index (Phi) is 8.92. The minimum Gasteiger partial charge on any atom is -0.493 e. The molecule has 1 aliphatic carbocycles. The smallest absolute Gasteiger partial charge is 0.238 e. The SMILES string of the molecule is CN=C(NCc1cccc(S(N)(=O)=O)c1)NCc1ccc(C)cc1OCC1CC1.I. The second-order valence-corrected chi connectivity index (χ2v) is 8.90. The van der Waals surface area contributed by atoms with Crippen LogP contribution in [-0.4, -0.2) is 28.0 Å². The zero-order chi connectivity index (χ0) is 20.9. The number of aliphatic imine (C=N–C) groups is 1. The van der Waals surface area contributed by atoms with E-state index >= 15 is 0 Å². The van der Waals surface area contributed by atoms with Crippen molar-refractivity contribution in [2.24, 2.45) is 16.0 Å². The van der Waals surface area contributed by atoms with Gasteiger partial charge >= 0.3 is 0 Å². The van der Waals surface area contributed by atoms with Gasteiger partial charge in [-0.2, -0.15) is 0 Å². The Bertz CT molecular complexity index is 991. The Morgan fingerprint density at radius 2 is 1.90 bits per heavy atom. The summed E-state index contributed by atoms with van der Waals surface area (Å²) in [5.74, 6) is 2.21. The van der Waals surface area contributed by atoms with Crippen LogP contribution in [0.5, 0.6) is 5.75 Å². The van der Waals surface area contributed by atoms with Crippen LogP contribution in [0.3, 0.4) is 0 Å². The second-order valence-electron chi connectivity index (χ2n) is 7.34. The molecule has 0 amide bonds. The lowest BCUT2D eigenvalue weighted by Gasteiger charge is -2.15. The first-order valence-corrected chi connectivity index (χ1v) is 11.2. The van der Waals surface area contributed by atoms with Crippen molar-refractivity contribution in [2.45, 2.75) is 37.8 Å². The molecule has 0 unspecified atom stereocenters. The number of nitrogens with zero attached hydrogens (tertiary/aromatic N) is 1. The van der Waals surface area contributed by atoms with Crippen molar-refractivity contribution in [1.29, 1.82) is 0 Å². The van der Waals surface area contributed by atoms with Gasteiger partial charge in [0.1, 0.15) is 5.75 Å². The van der Waals surface area contributed by atoms with Crippen molar-refractivity contribution < 1.29 is 13.2 Å². The van der Waals surface area contributed by atoms with Gasteiger partial charge in [-0.15, -0.1) is 24.0 Å². The summed E-state index contributed by atoms with van der Waals surface area (Å²) in [5.41, 5.74) is 3.02. The number of nitrogens with two attached hydrogens (primary N) is 1. The molecule has 0 heterocycles. The van der Waals surface area contributed by atoms with E-state index in [1.165, 1.54) is 18.9 Å². The molecule has 9 heteroatoms. The number of guanidine groups is 1. The quantitative estimate of drug-likeness (QED) is 0.269. The maximum atomic E-state index is 11.5. The Hall–Kier alpha value is -1.85. The number of hydrogen-bond acceptors (Lipinski definition) is 4. The molecule has 30 heavy (non-hydrogen) atoms. The van der Waals surface area contributed by atoms with Gasteiger partial charge in [0.2, 0.25) is 10.0 Å². The highest BCUT2D eigenvalue weighted by Gasteiger charge is 2.22. The van der Waals surface area contributed by atoms with Gasteiger partial charge in [0.15, 0.2) is 5.96 Å². The third kappa shape index (κ3) is 7.44. The Labute approximate surface area is 195 Å². The molecule has 3 rings (SSSR count). The summed E-state index contributed by atoms with van der Waals surface area (Å²) in [6, 6.07) is 12.7. The largest absolute Gasteiger partial charge is 0.493 e. The van der Waals surface area contributed by atoms with Crippen LogP contribution in [0.4, 0.5) is 0 Å². The summed E-state index contributed by atoms with van der Waals surface area (Å²) < 4.78 is 29.0. The fourth-order valence-corrected chi connectivity index (χ4v) is 3.44. The number of hydrogen-bond donors (Lipinski definition) is 3. The molecule has 0 spiro atoms. The molecule has 0 aromatic heterocycles. The maximum absolute atomic E-state index is 11.5. The molecule has 4 N–H and O–H groups in total. The van der Waals surface area contributed by atoms with Crippen LogP contribution in [0.1, 0.15) is 29.5 Å². The van der Waals surface area contributed by atoms with Crippen molar-refractivity contribution in [3.8, 4) is 5.75 Å². The van der Waals surface area contributed by atoms with Crippen LogP contribution in [0.2, 0.25) is 0 Å². The van der Waals surface area contributed by atoms with E-state index in [0.717, 1.165) is 29.0 Å². The third-order valence-electron chi connectivity index (χ3n) is 4.75. The Balaban J connectivity index is 0.00000320. The third-order valence-corrected chi connectivity index (χ3v) is 5.66. The van der Waals surface area contributed by atoms with Crippen molar-refractivity contribution in [3.63, 3.8) is 0 Å². The predicted octanol–water partition coefficient (Wildman–Crippen LogP) is 2.91. The van der Waals surface area contributed by atoms with Gasteiger partial charge in [0.25, 0.3) is 0 Å². The first-order valence-electron chi connectivity index (χ1n) is 9.64. The van der Waals surface area contributed by atoms with E-state index in [4.69, 9.17) is 9.88 Å². The number of ether oxygens (including phenoxy) is 1. The lowest BCUT2D eigenvalue weighted by molar-refractivity contribution is 0.296. The van der Waals surface area contributed by atoms with Crippen LogP contribution in [0.25, 0.3) is 0 Å². The second kappa shape index (κ2) is 11.0. The Morgan fingerprint density at radius 1 is 1.17 bits per heavy atom. The van der Waals surface area contributed by atoms with Crippen LogP contribution in [0.15, 0.2) is 52.4 Å². The predicted molar refractivity (Wildman–Crippen MR) is 130 cm³/mol. The highest BCUT2D eigenvalue weighted by Crippen LogP contribution is 2.30. The minimum atomic E-state index is -3.72. The zero-order valence-electron chi connectivity index (χ0n) is 17.2. The van der Waals surface area contributed by atoms with E-state index in [2.05, 4.69) is 40.7 Å². The van der Waals surface area contributed by atoms with Gasteiger partial charge in [-0.05, 0) is 55.0 Å². The molecule has 164 valence electrons. The van der Waals surface area contributed by atoms with E-state index in [9.17, 15) is 8.42 Å². The molecule has 1 aliphatic rings. The van der Waals surface area contributed by atoms with Crippen LogP contribution in [0, 0.1) is 12.8 Å². The lowest BCUT2D eigenvalue weighted by Crippen LogP contribution is -2.36. The van der Waals surface area contributed by atoms with E-state index in [-0.39, 0.29) is 28.9 Å². The molecule has 0 bridgehead atoms. The lowest BCUT2D eigenvalue weighted by atomic mass is 10.1. The molecule has 2 aromatic carbocycles. The molecule has 2 aromatic rings. The standard InChI is InChI=1S/C21H28N4O3S.HI/c1-15-6-9-18(20(10-15)28-14-16-7-8-16)13-25-21(23-2)24-12-17-4-3-5-19(11-17)29(22,26)27;/h3-6,9-11,16H,7-8,12-14H2,1-2H3,(H2,22,26,27)(H2,23,24,25);1H. The van der Waals surface area contributed by atoms with Gasteiger partial charge in [-0.1, -0.05) is 24.3 Å². The fraction of sp³-hybridized carbons (Fsp3) is 0.381. The molecule has 0 atom stereocenters. The monoisotopic (exact) mass is 544 g/mol. The van der Waals surface area contributed by atoms with Gasteiger partial charge < -0.3 is 15.4 Å². The number of benzene rings is 2. The summed E-state index contributed by atoms with van der Waals surface area (Å²) in [4.78, 5) is 4.33. The summed E-state index contributed by atoms with van der Waals surface area (Å²) in [6.45, 7) is 3.81. The first-order chi connectivity index (χ1) is 13.8. The Morgan fingerprint density at radius 3 is 2.57 bits per heavy atom. The van der Waals surface area contributed by atoms with Gasteiger partial charge in [0.05, 0.1) is 11.5 Å². The molecule has 0 radical (unpaired) electrons. The molecule has 0 saturated heterocycles. The van der Waals surface area contributed by atoms with Gasteiger partial charge in [-0.3, -0.25) is 4.99 Å². The van der Waals surface area contributed by atoms with Crippen molar-refractivity contribution >= 4 is 40.0 Å². The summed E-state index contributed by atoms with van der Waals surface area (Å²) in [6.07, 6.45) is 2.51. The van der Waals surface area contributed by atoms with Crippen molar-refractivity contribution in [1.82, 2.24) is 10.6 Å². The maximum Gasteiger partial charge on any atom is 0.238 e. The topological polar surface area (TPSA) is 106 Å². The average molecular weight is 544 g/mol. The zero-order valence-corrected chi connectivity index (χ0v) is 20.4. The molecule has 1 saturated carbocycles. The van der Waals surface area contributed by atoms with E-state index in [1.54, 1.807) is 19.2 Å². The number of halogens is 1. The summed E-state index contributed by atoms with van der Waals surface area (Å²) >= 11 is 0. The van der Waals surface area contributed by atoms with Crippen molar-refractivity contribution in [2.75, 3.05) is 13.7 Å². The van der Waals surface area contributed by atoms with E-state index < -0.39 is 10.0 Å². The highest BCUT2D eigenvalue weighted by atomic mass is 127. The summed E-state index contributed by atoms with van der Waals surface area (Å²) in [7, 11) is -2.03. The highest BCUT2D eigenvalue weighted by molar-refractivity contribution is 14.0. The van der Waals surface area contributed by atoms with Crippen LogP contribution >= 0.6 is 24.0 Å². The molecule has 0 aliphatic heterocycles. The molecular weight excluding hydrogens is 515 g/mol. The van der Waals surface area contributed by atoms with Crippen molar-refractivity contribution in [3.05, 3.63) is 59.2 Å². The van der Waals surface area contributed by atoms with Gasteiger partial charge in [-0.25, -0.2) is 13.6 Å². The van der Waals surface area contributed by atoms with Gasteiger partial charge in [0, 0.05) is 25.7 Å². The fourth-order valence-electron chi connectivity index (χ4n) is 2.85. The number of rotatable bonds is 8.